The average molecular weight is 751 g/mol. The highest BCUT2D eigenvalue weighted by Gasteiger charge is 2.31. The second-order valence-corrected chi connectivity index (χ2v) is 13.5. The topological polar surface area (TPSA) is 92.3 Å². The zero-order valence-electron chi connectivity index (χ0n) is 29.4. The quantitative estimate of drug-likeness (QED) is 0.0943. The molecule has 0 saturated heterocycles. The van der Waals surface area contributed by atoms with Crippen LogP contribution in [0.2, 0.25) is 0 Å². The number of hydrogen-bond acceptors (Lipinski definition) is 10. The van der Waals surface area contributed by atoms with Gasteiger partial charge in [-0.25, -0.2) is 0 Å². The van der Waals surface area contributed by atoms with E-state index in [-0.39, 0.29) is 0 Å². The number of hydrogen-bond donors (Lipinski definition) is 0. The molecule has 0 saturated carbocycles. The van der Waals surface area contributed by atoms with Gasteiger partial charge in [-0.1, -0.05) is 78.9 Å². The van der Waals surface area contributed by atoms with Crippen molar-refractivity contribution in [3.8, 4) is 63.2 Å². The second kappa shape index (κ2) is 16.7. The van der Waals surface area contributed by atoms with Crippen molar-refractivity contribution < 1.29 is 46.1 Å². The molecule has 0 aromatic heterocycles. The van der Waals surface area contributed by atoms with Crippen molar-refractivity contribution in [2.75, 3.05) is 21.3 Å². The zero-order chi connectivity index (χ0) is 36.6. The van der Waals surface area contributed by atoms with Crippen molar-refractivity contribution in [1.82, 2.24) is 0 Å². The maximum atomic E-state index is 6.68. The molecule has 6 aromatic rings. The van der Waals surface area contributed by atoms with Crippen LogP contribution >= 0.6 is 17.2 Å². The first-order valence-electron chi connectivity index (χ1n) is 16.6. The number of aryl methyl sites for hydroxylation is 1. The highest BCUT2D eigenvalue weighted by atomic mass is 31.2. The van der Waals surface area contributed by atoms with E-state index >= 15 is 0 Å². The third kappa shape index (κ3) is 8.30. The molecule has 1 heterocycles. The standard InChI is InChI=1S/C41H36O10P2/c1-28-15-5-6-18-31(28)46-52(47-35-22-10-7-19-32(35)42-2)50-38-25-13-16-29-27-30-17-14-26-39(41(30)45-40(29)38)51-53(48-36-23-11-8-20-33(36)43-3)49-37-24-12-9-21-34(37)44-4/h5-26H,27H2,1-4H3. The van der Waals surface area contributed by atoms with Crippen LogP contribution in [0.15, 0.2) is 133 Å². The first kappa shape index (κ1) is 35.6. The fraction of sp³-hybridized carbons (Fsp3) is 0.122. The molecule has 0 radical (unpaired) electrons. The first-order valence-corrected chi connectivity index (χ1v) is 18.8. The van der Waals surface area contributed by atoms with E-state index in [9.17, 15) is 0 Å². The van der Waals surface area contributed by atoms with Crippen LogP contribution in [0.25, 0.3) is 0 Å². The maximum Gasteiger partial charge on any atom is 0.530 e. The van der Waals surface area contributed by atoms with E-state index in [0.29, 0.717) is 69.7 Å². The lowest BCUT2D eigenvalue weighted by atomic mass is 10.00. The predicted octanol–water partition coefficient (Wildman–Crippen LogP) is 11.2. The van der Waals surface area contributed by atoms with Gasteiger partial charge in [-0.2, -0.15) is 0 Å². The molecule has 53 heavy (non-hydrogen) atoms. The van der Waals surface area contributed by atoms with Gasteiger partial charge in [-0.15, -0.1) is 0 Å². The summed E-state index contributed by atoms with van der Waals surface area (Å²) >= 11 is 0. The van der Waals surface area contributed by atoms with Gasteiger partial charge in [0.05, 0.1) is 21.3 Å². The van der Waals surface area contributed by atoms with Crippen LogP contribution in [-0.2, 0) is 6.42 Å². The van der Waals surface area contributed by atoms with E-state index in [2.05, 4.69) is 0 Å². The Balaban J connectivity index is 1.20. The van der Waals surface area contributed by atoms with Gasteiger partial charge in [-0.05, 0) is 67.1 Å². The first-order chi connectivity index (χ1) is 26.0. The summed E-state index contributed by atoms with van der Waals surface area (Å²) < 4.78 is 61.8. The van der Waals surface area contributed by atoms with E-state index in [1.165, 1.54) is 0 Å². The number of fused-ring (bicyclic) bond motifs is 2. The zero-order valence-corrected chi connectivity index (χ0v) is 31.2. The van der Waals surface area contributed by atoms with Gasteiger partial charge in [0, 0.05) is 17.5 Å². The van der Waals surface area contributed by atoms with Crippen molar-refractivity contribution in [2.24, 2.45) is 0 Å². The Hall–Kier alpha value is -5.82. The van der Waals surface area contributed by atoms with Crippen LogP contribution in [0.5, 0.6) is 63.2 Å². The van der Waals surface area contributed by atoms with E-state index in [0.717, 1.165) is 16.7 Å². The monoisotopic (exact) mass is 750 g/mol. The highest BCUT2D eigenvalue weighted by molar-refractivity contribution is 7.43. The van der Waals surface area contributed by atoms with Gasteiger partial charge < -0.3 is 46.1 Å². The fourth-order valence-electron chi connectivity index (χ4n) is 5.42. The maximum absolute atomic E-state index is 6.68. The number of methoxy groups -OCH3 is 3. The molecular weight excluding hydrogens is 714 g/mol. The van der Waals surface area contributed by atoms with Gasteiger partial charge >= 0.3 is 17.2 Å². The molecule has 1 atom stereocenters. The Morgan fingerprint density at radius 1 is 0.377 bits per heavy atom. The molecule has 0 bridgehead atoms. The van der Waals surface area contributed by atoms with E-state index in [1.54, 1.807) is 57.7 Å². The van der Waals surface area contributed by atoms with E-state index < -0.39 is 17.2 Å². The Kier molecular flexibility index (Phi) is 11.2. The van der Waals surface area contributed by atoms with Crippen molar-refractivity contribution in [3.05, 3.63) is 150 Å². The fourth-order valence-corrected chi connectivity index (χ4v) is 7.55. The van der Waals surface area contributed by atoms with Crippen LogP contribution in [0.3, 0.4) is 0 Å². The minimum absolute atomic E-state index is 0.405. The number of benzene rings is 6. The molecule has 0 spiro atoms. The summed E-state index contributed by atoms with van der Waals surface area (Å²) in [6, 6.07) is 41.0. The van der Waals surface area contributed by atoms with Crippen molar-refractivity contribution in [3.63, 3.8) is 0 Å². The van der Waals surface area contributed by atoms with Gasteiger partial charge in [0.25, 0.3) is 0 Å². The minimum atomic E-state index is -2.12. The summed E-state index contributed by atoms with van der Waals surface area (Å²) in [5.41, 5.74) is 2.74. The molecular formula is C41H36O10P2. The van der Waals surface area contributed by atoms with Crippen LogP contribution in [0.4, 0.5) is 0 Å². The lowest BCUT2D eigenvalue weighted by Gasteiger charge is -2.26. The van der Waals surface area contributed by atoms with Gasteiger partial charge in [-0.3, -0.25) is 0 Å². The molecule has 12 heteroatoms. The minimum Gasteiger partial charge on any atom is -0.493 e. The summed E-state index contributed by atoms with van der Waals surface area (Å²) in [7, 11) is 0.559. The molecule has 1 aliphatic heterocycles. The molecule has 1 aliphatic rings. The molecule has 0 amide bonds. The summed E-state index contributed by atoms with van der Waals surface area (Å²) in [6.07, 6.45) is 0.543. The highest BCUT2D eigenvalue weighted by Crippen LogP contribution is 2.54. The molecule has 6 aromatic carbocycles. The number of rotatable bonds is 15. The van der Waals surface area contributed by atoms with E-state index in [4.69, 9.17) is 46.1 Å². The van der Waals surface area contributed by atoms with Gasteiger partial charge in [0.1, 0.15) is 5.75 Å². The SMILES string of the molecule is COc1ccccc1OP(Oc1ccccc1C)Oc1cccc2c1Oc1c(cccc1OP(Oc1ccccc1OC)Oc1ccccc1OC)C2. The molecule has 0 fully saturated rings. The van der Waals surface area contributed by atoms with Crippen LogP contribution < -0.4 is 46.1 Å². The third-order valence-electron chi connectivity index (χ3n) is 8.04. The van der Waals surface area contributed by atoms with Gasteiger partial charge in [0.2, 0.25) is 0 Å². The molecule has 7 rings (SSSR count). The van der Waals surface area contributed by atoms with Crippen molar-refractivity contribution in [2.45, 2.75) is 13.3 Å². The van der Waals surface area contributed by atoms with Crippen LogP contribution in [0, 0.1) is 6.92 Å². The summed E-state index contributed by atoms with van der Waals surface area (Å²) in [5.74, 6) is 5.40. The van der Waals surface area contributed by atoms with Crippen molar-refractivity contribution >= 4 is 17.2 Å². The smallest absolute Gasteiger partial charge is 0.493 e. The predicted molar refractivity (Wildman–Crippen MR) is 204 cm³/mol. The second-order valence-electron chi connectivity index (χ2n) is 11.5. The molecule has 270 valence electrons. The average Bonchev–Trinajstić information content (AvgIpc) is 3.19. The van der Waals surface area contributed by atoms with Crippen molar-refractivity contribution in [1.29, 1.82) is 0 Å². The lowest BCUT2D eigenvalue weighted by Crippen LogP contribution is -2.09. The van der Waals surface area contributed by atoms with Gasteiger partial charge in [0.15, 0.2) is 57.5 Å². The Morgan fingerprint density at radius 3 is 1.09 bits per heavy atom. The Labute approximate surface area is 310 Å². The molecule has 1 unspecified atom stereocenters. The molecule has 0 aliphatic carbocycles. The summed E-state index contributed by atoms with van der Waals surface area (Å²) in [4.78, 5) is 0. The molecule has 10 nitrogen and oxygen atoms in total. The normalized spacial score (nSPS) is 11.9. The third-order valence-corrected chi connectivity index (χ3v) is 10.1. The largest absolute Gasteiger partial charge is 0.530 e. The Morgan fingerprint density at radius 2 is 0.698 bits per heavy atom. The van der Waals surface area contributed by atoms with E-state index in [1.807, 2.05) is 104 Å². The van der Waals surface area contributed by atoms with Crippen LogP contribution in [-0.4, -0.2) is 21.3 Å². The van der Waals surface area contributed by atoms with Crippen LogP contribution in [0.1, 0.15) is 16.7 Å². The lowest BCUT2D eigenvalue weighted by molar-refractivity contribution is 0.337. The number of para-hydroxylation sites is 9. The molecule has 0 N–H and O–H groups in total. The Bertz CT molecular complexity index is 2130. The summed E-state index contributed by atoms with van der Waals surface area (Å²) in [5, 5.41) is 0. The summed E-state index contributed by atoms with van der Waals surface area (Å²) in [6.45, 7) is 1.96. The number of ether oxygens (including phenoxy) is 4.